The summed E-state index contributed by atoms with van der Waals surface area (Å²) in [5.74, 6) is -0.361. The van der Waals surface area contributed by atoms with Crippen molar-refractivity contribution >= 4 is 17.6 Å². The van der Waals surface area contributed by atoms with Crippen LogP contribution in [-0.4, -0.2) is 28.4 Å². The number of likely N-dealkylation sites (tertiary alicyclic amines) is 1. The molecule has 114 valence electrons. The van der Waals surface area contributed by atoms with Crippen molar-refractivity contribution in [2.24, 2.45) is 5.92 Å². The van der Waals surface area contributed by atoms with E-state index in [-0.39, 0.29) is 17.2 Å². The number of nitrogens with zero attached hydrogens (tertiary/aromatic N) is 1. The first-order valence-corrected chi connectivity index (χ1v) is 7.41. The van der Waals surface area contributed by atoms with Crippen LogP contribution >= 0.6 is 0 Å². The van der Waals surface area contributed by atoms with Crippen LogP contribution in [0.1, 0.15) is 48.5 Å². The van der Waals surface area contributed by atoms with Gasteiger partial charge >= 0.3 is 5.97 Å². The van der Waals surface area contributed by atoms with Crippen LogP contribution in [0.2, 0.25) is 0 Å². The van der Waals surface area contributed by atoms with Gasteiger partial charge in [-0.25, -0.2) is 4.79 Å². The Bertz CT molecular complexity index is 542. The highest BCUT2D eigenvalue weighted by Crippen LogP contribution is 2.24. The van der Waals surface area contributed by atoms with Crippen LogP contribution in [0.3, 0.4) is 0 Å². The summed E-state index contributed by atoms with van der Waals surface area (Å²) < 4.78 is 0. The van der Waals surface area contributed by atoms with Crippen molar-refractivity contribution in [1.82, 2.24) is 4.90 Å². The molecule has 1 amide bonds. The number of carbonyl (C=O) groups is 2. The highest BCUT2D eigenvalue weighted by atomic mass is 16.4. The number of nitrogens with two attached hydrogens (primary N) is 1. The maximum Gasteiger partial charge on any atom is 0.338 e. The zero-order chi connectivity index (χ0) is 15.4. The Kier molecular flexibility index (Phi) is 4.83. The van der Waals surface area contributed by atoms with Gasteiger partial charge in [0, 0.05) is 25.2 Å². The first kappa shape index (κ1) is 15.4. The summed E-state index contributed by atoms with van der Waals surface area (Å²) in [7, 11) is 0. The van der Waals surface area contributed by atoms with Gasteiger partial charge in [0.15, 0.2) is 0 Å². The third-order valence-electron chi connectivity index (χ3n) is 4.26. The summed E-state index contributed by atoms with van der Waals surface area (Å²) in [6.07, 6.45) is 3.53. The fourth-order valence-corrected chi connectivity index (χ4v) is 2.89. The van der Waals surface area contributed by atoms with Crippen LogP contribution in [0.4, 0.5) is 5.69 Å². The number of nitrogen functional groups attached to an aromatic ring is 1. The molecule has 3 N–H and O–H groups in total. The Hall–Kier alpha value is -2.04. The minimum absolute atomic E-state index is 0.102. The maximum atomic E-state index is 12.2. The molecule has 1 heterocycles. The second kappa shape index (κ2) is 6.61. The molecule has 1 unspecified atom stereocenters. The maximum absolute atomic E-state index is 12.2. The largest absolute Gasteiger partial charge is 0.478 e. The minimum Gasteiger partial charge on any atom is -0.478 e. The van der Waals surface area contributed by atoms with E-state index in [0.29, 0.717) is 31.0 Å². The number of benzene rings is 1. The second-order valence-electron chi connectivity index (χ2n) is 5.60. The van der Waals surface area contributed by atoms with Gasteiger partial charge in [0.05, 0.1) is 5.56 Å². The molecule has 0 bridgehead atoms. The van der Waals surface area contributed by atoms with Gasteiger partial charge in [0.2, 0.25) is 5.91 Å². The van der Waals surface area contributed by atoms with Gasteiger partial charge in [-0.2, -0.15) is 0 Å². The van der Waals surface area contributed by atoms with Gasteiger partial charge < -0.3 is 15.7 Å². The van der Waals surface area contributed by atoms with Gasteiger partial charge in [0.25, 0.3) is 0 Å². The quantitative estimate of drug-likeness (QED) is 0.834. The van der Waals surface area contributed by atoms with Gasteiger partial charge in [-0.05, 0) is 30.4 Å². The molecule has 0 aromatic heterocycles. The lowest BCUT2D eigenvalue weighted by atomic mass is 9.98. The SMILES string of the molecule is CCC1CCC(=O)N(Cc2cccc(N)c2C(=O)O)CC1. The van der Waals surface area contributed by atoms with Crippen molar-refractivity contribution in [3.8, 4) is 0 Å². The summed E-state index contributed by atoms with van der Waals surface area (Å²) >= 11 is 0. The van der Waals surface area contributed by atoms with Crippen LogP contribution in [0.25, 0.3) is 0 Å². The van der Waals surface area contributed by atoms with E-state index >= 15 is 0 Å². The highest BCUT2D eigenvalue weighted by molar-refractivity contribution is 5.95. The molecule has 0 spiro atoms. The fraction of sp³-hybridized carbons (Fsp3) is 0.500. The Morgan fingerprint density at radius 3 is 2.86 bits per heavy atom. The fourth-order valence-electron chi connectivity index (χ4n) is 2.89. The summed E-state index contributed by atoms with van der Waals surface area (Å²) in [6.45, 7) is 3.15. The van der Waals surface area contributed by atoms with Gasteiger partial charge in [-0.1, -0.05) is 25.5 Å². The average molecular weight is 290 g/mol. The van der Waals surface area contributed by atoms with E-state index < -0.39 is 5.97 Å². The molecule has 1 aromatic rings. The summed E-state index contributed by atoms with van der Waals surface area (Å²) in [5.41, 5.74) is 6.71. The van der Waals surface area contributed by atoms with E-state index in [1.807, 2.05) is 0 Å². The van der Waals surface area contributed by atoms with E-state index in [9.17, 15) is 14.7 Å². The normalized spacial score (nSPS) is 19.4. The van der Waals surface area contributed by atoms with E-state index in [1.54, 1.807) is 23.1 Å². The molecule has 1 aliphatic rings. The number of anilines is 1. The Morgan fingerprint density at radius 2 is 2.19 bits per heavy atom. The Balaban J connectivity index is 2.19. The predicted octanol–water partition coefficient (Wildman–Crippen LogP) is 2.51. The van der Waals surface area contributed by atoms with Gasteiger partial charge in [-0.3, -0.25) is 4.79 Å². The number of carboxylic acids is 1. The number of hydrogen-bond donors (Lipinski definition) is 2. The van der Waals surface area contributed by atoms with Crippen molar-refractivity contribution < 1.29 is 14.7 Å². The first-order chi connectivity index (χ1) is 10.0. The molecule has 1 aromatic carbocycles. The van der Waals surface area contributed by atoms with E-state index in [1.165, 1.54) is 0 Å². The zero-order valence-electron chi connectivity index (χ0n) is 12.3. The lowest BCUT2D eigenvalue weighted by Crippen LogP contribution is -2.30. The molecule has 0 radical (unpaired) electrons. The van der Waals surface area contributed by atoms with E-state index in [2.05, 4.69) is 6.92 Å². The lowest BCUT2D eigenvalue weighted by molar-refractivity contribution is -0.131. The monoisotopic (exact) mass is 290 g/mol. The number of hydrogen-bond acceptors (Lipinski definition) is 3. The standard InChI is InChI=1S/C16H22N2O3/c1-2-11-6-7-14(19)18(9-8-11)10-12-4-3-5-13(17)15(12)16(20)21/h3-5,11H,2,6-10,17H2,1H3,(H,20,21). The molecule has 5 nitrogen and oxygen atoms in total. The summed E-state index contributed by atoms with van der Waals surface area (Å²) in [5, 5.41) is 9.29. The van der Waals surface area contributed by atoms with Gasteiger partial charge in [-0.15, -0.1) is 0 Å². The third-order valence-corrected chi connectivity index (χ3v) is 4.26. The first-order valence-electron chi connectivity index (χ1n) is 7.41. The van der Waals surface area contributed by atoms with Crippen molar-refractivity contribution in [2.45, 2.75) is 39.2 Å². The van der Waals surface area contributed by atoms with E-state index in [0.717, 1.165) is 19.3 Å². The molecule has 0 aliphatic carbocycles. The Labute approximate surface area is 124 Å². The molecule has 1 fully saturated rings. The zero-order valence-corrected chi connectivity index (χ0v) is 12.3. The molecular weight excluding hydrogens is 268 g/mol. The molecule has 1 atom stereocenters. The second-order valence-corrected chi connectivity index (χ2v) is 5.60. The molecule has 21 heavy (non-hydrogen) atoms. The van der Waals surface area contributed by atoms with Crippen molar-refractivity contribution in [1.29, 1.82) is 0 Å². The molecule has 0 saturated carbocycles. The molecule has 1 aliphatic heterocycles. The highest BCUT2D eigenvalue weighted by Gasteiger charge is 2.23. The van der Waals surface area contributed by atoms with Crippen LogP contribution in [0, 0.1) is 5.92 Å². The predicted molar refractivity (Wildman–Crippen MR) is 80.9 cm³/mol. The molecule has 5 heteroatoms. The van der Waals surface area contributed by atoms with Crippen LogP contribution < -0.4 is 5.73 Å². The number of carbonyl (C=O) groups excluding carboxylic acids is 1. The Morgan fingerprint density at radius 1 is 1.43 bits per heavy atom. The van der Waals surface area contributed by atoms with Crippen LogP contribution in [0.15, 0.2) is 18.2 Å². The molecule has 1 saturated heterocycles. The van der Waals surface area contributed by atoms with Crippen molar-refractivity contribution in [3.05, 3.63) is 29.3 Å². The van der Waals surface area contributed by atoms with Crippen molar-refractivity contribution in [3.63, 3.8) is 0 Å². The number of rotatable bonds is 4. The lowest BCUT2D eigenvalue weighted by Gasteiger charge is -2.22. The van der Waals surface area contributed by atoms with Gasteiger partial charge in [0.1, 0.15) is 0 Å². The summed E-state index contributed by atoms with van der Waals surface area (Å²) in [4.78, 5) is 25.3. The molecular formula is C16H22N2O3. The molecule has 2 rings (SSSR count). The third kappa shape index (κ3) is 3.54. The van der Waals surface area contributed by atoms with E-state index in [4.69, 9.17) is 5.73 Å². The topological polar surface area (TPSA) is 83.6 Å². The number of amides is 1. The minimum atomic E-state index is -1.04. The average Bonchev–Trinajstić information content (AvgIpc) is 2.61. The van der Waals surface area contributed by atoms with Crippen LogP contribution in [0.5, 0.6) is 0 Å². The van der Waals surface area contributed by atoms with Crippen molar-refractivity contribution in [2.75, 3.05) is 12.3 Å². The smallest absolute Gasteiger partial charge is 0.338 e. The number of aromatic carboxylic acids is 1. The van der Waals surface area contributed by atoms with Crippen LogP contribution in [-0.2, 0) is 11.3 Å². The summed E-state index contributed by atoms with van der Waals surface area (Å²) in [6, 6.07) is 5.04. The number of carboxylic acid groups (broad SMARTS) is 1.